The maximum Gasteiger partial charge on any atom is 0.230 e. The summed E-state index contributed by atoms with van der Waals surface area (Å²) in [6.45, 7) is 7.77. The summed E-state index contributed by atoms with van der Waals surface area (Å²) in [7, 11) is 1.75. The topological polar surface area (TPSA) is 37.4 Å². The van der Waals surface area contributed by atoms with Gasteiger partial charge in [0.15, 0.2) is 0 Å². The second kappa shape index (κ2) is 2.98. The third-order valence-corrected chi connectivity index (χ3v) is 3.01. The summed E-state index contributed by atoms with van der Waals surface area (Å²) in [5.41, 5.74) is 0.525. The summed E-state index contributed by atoms with van der Waals surface area (Å²) in [4.78, 5) is 23.6. The predicted molar refractivity (Wildman–Crippen MR) is 50.2 cm³/mol. The van der Waals surface area contributed by atoms with E-state index in [0.29, 0.717) is 0 Å². The van der Waals surface area contributed by atoms with Gasteiger partial charge in [0.25, 0.3) is 0 Å². The second-order valence-electron chi connectivity index (χ2n) is 3.94. The molecule has 1 saturated heterocycles. The Morgan fingerprint density at radius 1 is 1.62 bits per heavy atom. The van der Waals surface area contributed by atoms with E-state index in [1.54, 1.807) is 11.9 Å². The molecular weight excluding hydrogens is 166 g/mol. The van der Waals surface area contributed by atoms with E-state index in [1.807, 2.05) is 13.8 Å². The molecule has 0 bridgehead atoms. The lowest BCUT2D eigenvalue weighted by Crippen LogP contribution is -2.37. The first-order chi connectivity index (χ1) is 5.92. The van der Waals surface area contributed by atoms with E-state index >= 15 is 0 Å². The van der Waals surface area contributed by atoms with E-state index < -0.39 is 0 Å². The van der Waals surface area contributed by atoms with Crippen LogP contribution in [0.3, 0.4) is 0 Å². The van der Waals surface area contributed by atoms with Crippen LogP contribution in [0.1, 0.15) is 20.3 Å². The minimum Gasteiger partial charge on any atom is -0.336 e. The number of hydrogen-bond donors (Lipinski definition) is 0. The molecule has 1 rings (SSSR count). The molecule has 0 aliphatic carbocycles. The fourth-order valence-electron chi connectivity index (χ4n) is 1.64. The van der Waals surface area contributed by atoms with Gasteiger partial charge >= 0.3 is 0 Å². The molecule has 0 spiro atoms. The summed E-state index contributed by atoms with van der Waals surface area (Å²) in [6.07, 6.45) is 1.04. The summed E-state index contributed by atoms with van der Waals surface area (Å²) in [5.74, 6) is -0.306. The molecular formula is C10H15NO2. The van der Waals surface area contributed by atoms with Gasteiger partial charge in [0.05, 0.1) is 11.5 Å². The molecule has 0 saturated carbocycles. The van der Waals surface area contributed by atoms with Crippen LogP contribution in [0.5, 0.6) is 0 Å². The molecule has 1 aliphatic rings. The number of aldehydes is 1. The molecule has 3 heteroatoms. The third kappa shape index (κ3) is 1.28. The maximum absolute atomic E-state index is 11.6. The number of rotatable bonds is 2. The maximum atomic E-state index is 11.6. The molecule has 0 N–H and O–H groups in total. The predicted octanol–water partition coefficient (Wildman–Crippen LogP) is 0.998. The van der Waals surface area contributed by atoms with Crippen molar-refractivity contribution in [3.8, 4) is 0 Å². The van der Waals surface area contributed by atoms with Crippen LogP contribution >= 0.6 is 0 Å². The Morgan fingerprint density at radius 2 is 2.15 bits per heavy atom. The average Bonchev–Trinajstić information content (AvgIpc) is 2.21. The van der Waals surface area contributed by atoms with E-state index in [-0.39, 0.29) is 23.8 Å². The lowest BCUT2D eigenvalue weighted by atomic mass is 9.89. The van der Waals surface area contributed by atoms with Gasteiger partial charge in [0, 0.05) is 13.5 Å². The highest BCUT2D eigenvalue weighted by molar-refractivity contribution is 5.88. The number of amides is 1. The Bertz CT molecular complexity index is 268. The molecule has 0 aromatic carbocycles. The monoisotopic (exact) mass is 181 g/mol. The molecule has 1 atom stereocenters. The quantitative estimate of drug-likeness (QED) is 0.470. The highest BCUT2D eigenvalue weighted by Gasteiger charge is 2.45. The Kier molecular flexibility index (Phi) is 2.28. The van der Waals surface area contributed by atoms with Gasteiger partial charge in [-0.1, -0.05) is 6.58 Å². The van der Waals surface area contributed by atoms with E-state index in [0.717, 1.165) is 11.9 Å². The zero-order valence-electron chi connectivity index (χ0n) is 8.33. The van der Waals surface area contributed by atoms with Gasteiger partial charge < -0.3 is 9.69 Å². The van der Waals surface area contributed by atoms with Crippen molar-refractivity contribution in [3.63, 3.8) is 0 Å². The minimum absolute atomic E-state index is 0.00194. The molecule has 72 valence electrons. The molecule has 0 aromatic rings. The molecule has 0 unspecified atom stereocenters. The highest BCUT2D eigenvalue weighted by Crippen LogP contribution is 2.37. The molecule has 0 radical (unpaired) electrons. The van der Waals surface area contributed by atoms with Crippen molar-refractivity contribution in [1.82, 2.24) is 4.90 Å². The Morgan fingerprint density at radius 3 is 2.46 bits per heavy atom. The summed E-state index contributed by atoms with van der Waals surface area (Å²) in [5, 5.41) is 0. The van der Waals surface area contributed by atoms with Crippen molar-refractivity contribution in [2.75, 3.05) is 7.05 Å². The van der Waals surface area contributed by atoms with Gasteiger partial charge in [0.1, 0.15) is 6.29 Å². The lowest BCUT2D eigenvalue weighted by Gasteiger charge is -2.28. The number of carbonyl (C=O) groups is 2. The van der Waals surface area contributed by atoms with Crippen LogP contribution in [0, 0.1) is 5.92 Å². The van der Waals surface area contributed by atoms with E-state index in [9.17, 15) is 9.59 Å². The van der Waals surface area contributed by atoms with Crippen molar-refractivity contribution in [2.24, 2.45) is 5.92 Å². The molecule has 1 heterocycles. The van der Waals surface area contributed by atoms with Crippen LogP contribution in [0.15, 0.2) is 12.2 Å². The van der Waals surface area contributed by atoms with Crippen LogP contribution in [-0.2, 0) is 9.59 Å². The molecule has 1 amide bonds. The SMILES string of the molecule is C=C1[C@@H](CC=O)C(=O)N(C)C1(C)C. The number of likely N-dealkylation sites (tertiary alicyclic amines) is 1. The smallest absolute Gasteiger partial charge is 0.230 e. The molecule has 1 aliphatic heterocycles. The Hall–Kier alpha value is -1.12. The zero-order chi connectivity index (χ0) is 10.2. The number of hydrogen-bond acceptors (Lipinski definition) is 2. The second-order valence-corrected chi connectivity index (χ2v) is 3.94. The largest absolute Gasteiger partial charge is 0.336 e. The third-order valence-electron chi connectivity index (χ3n) is 3.01. The van der Waals surface area contributed by atoms with Gasteiger partial charge in [-0.25, -0.2) is 0 Å². The van der Waals surface area contributed by atoms with Crippen LogP contribution in [0.4, 0.5) is 0 Å². The number of carbonyl (C=O) groups excluding carboxylic acids is 2. The fourth-order valence-corrected chi connectivity index (χ4v) is 1.64. The molecule has 1 fully saturated rings. The van der Waals surface area contributed by atoms with Gasteiger partial charge in [0.2, 0.25) is 5.91 Å². The number of nitrogens with zero attached hydrogens (tertiary/aromatic N) is 1. The number of likely N-dealkylation sites (N-methyl/N-ethyl adjacent to an activating group) is 1. The van der Waals surface area contributed by atoms with Crippen LogP contribution in [0.2, 0.25) is 0 Å². The summed E-state index contributed by atoms with van der Waals surface area (Å²) in [6, 6.07) is 0. The van der Waals surface area contributed by atoms with Gasteiger partial charge in [-0.3, -0.25) is 4.79 Å². The molecule has 0 aromatic heterocycles. The van der Waals surface area contributed by atoms with Crippen molar-refractivity contribution in [1.29, 1.82) is 0 Å². The van der Waals surface area contributed by atoms with E-state index in [2.05, 4.69) is 6.58 Å². The molecule has 3 nitrogen and oxygen atoms in total. The van der Waals surface area contributed by atoms with Crippen LogP contribution < -0.4 is 0 Å². The zero-order valence-corrected chi connectivity index (χ0v) is 8.33. The first-order valence-corrected chi connectivity index (χ1v) is 4.33. The highest BCUT2D eigenvalue weighted by atomic mass is 16.2. The normalized spacial score (nSPS) is 26.7. The lowest BCUT2D eigenvalue weighted by molar-refractivity contribution is -0.132. The minimum atomic E-state index is -0.315. The first kappa shape index (κ1) is 9.96. The van der Waals surface area contributed by atoms with Crippen LogP contribution in [-0.4, -0.2) is 29.7 Å². The Labute approximate surface area is 78.4 Å². The average molecular weight is 181 g/mol. The van der Waals surface area contributed by atoms with E-state index in [4.69, 9.17) is 0 Å². The Balaban J connectivity index is 2.98. The molecule has 13 heavy (non-hydrogen) atoms. The fraction of sp³-hybridized carbons (Fsp3) is 0.600. The van der Waals surface area contributed by atoms with E-state index in [1.165, 1.54) is 0 Å². The van der Waals surface area contributed by atoms with Gasteiger partial charge in [-0.2, -0.15) is 0 Å². The summed E-state index contributed by atoms with van der Waals surface area (Å²) >= 11 is 0. The first-order valence-electron chi connectivity index (χ1n) is 4.33. The van der Waals surface area contributed by atoms with Crippen molar-refractivity contribution in [2.45, 2.75) is 25.8 Å². The van der Waals surface area contributed by atoms with Gasteiger partial charge in [-0.15, -0.1) is 0 Å². The van der Waals surface area contributed by atoms with Gasteiger partial charge in [-0.05, 0) is 19.4 Å². The van der Waals surface area contributed by atoms with Crippen molar-refractivity contribution < 1.29 is 9.59 Å². The van der Waals surface area contributed by atoms with Crippen molar-refractivity contribution >= 4 is 12.2 Å². The summed E-state index contributed by atoms with van der Waals surface area (Å²) < 4.78 is 0. The van der Waals surface area contributed by atoms with Crippen LogP contribution in [0.25, 0.3) is 0 Å². The standard InChI is InChI=1S/C10H15NO2/c1-7-8(5-6-12)9(13)11(4)10(7,2)3/h6,8H,1,5H2,2-4H3/t8-/m1/s1. The van der Waals surface area contributed by atoms with Crippen molar-refractivity contribution in [3.05, 3.63) is 12.2 Å².